The van der Waals surface area contributed by atoms with Gasteiger partial charge in [-0.1, -0.05) is 31.2 Å². The van der Waals surface area contributed by atoms with Crippen molar-refractivity contribution < 1.29 is 43.5 Å². The van der Waals surface area contributed by atoms with Gasteiger partial charge in [-0.2, -0.15) is 0 Å². The molecular weight excluding hydrogens is 829 g/mol. The maximum atomic E-state index is 14.7. The second-order valence-corrected chi connectivity index (χ2v) is 19.1. The van der Waals surface area contributed by atoms with Gasteiger partial charge in [-0.25, -0.2) is 0 Å². The average molecular weight is 899 g/mol. The van der Waals surface area contributed by atoms with Crippen LogP contribution < -0.4 is 11.1 Å². The number of aryl methyl sites for hydroxylation is 1. The Bertz CT molecular complexity index is 1920. The molecule has 0 aliphatic carbocycles. The number of amides is 1. The van der Waals surface area contributed by atoms with Crippen LogP contribution in [0.2, 0.25) is 0 Å². The van der Waals surface area contributed by atoms with Crippen molar-refractivity contribution in [1.82, 2.24) is 35.1 Å². The van der Waals surface area contributed by atoms with Crippen molar-refractivity contribution in [2.45, 2.75) is 153 Å². The topological polar surface area (TPSA) is 217 Å². The summed E-state index contributed by atoms with van der Waals surface area (Å²) in [5, 5.41) is 36.3. The number of rotatable bonds is 15. The highest BCUT2D eigenvalue weighted by Gasteiger charge is 2.50. The molecular formula is C45H70N8O9S. The lowest BCUT2D eigenvalue weighted by Gasteiger charge is -2.46. The number of hydrogen-bond donors (Lipinski definition) is 4. The first kappa shape index (κ1) is 50.1. The fourth-order valence-corrected chi connectivity index (χ4v) is 9.89. The molecule has 0 bridgehead atoms. The Balaban J connectivity index is 1.43. The average Bonchev–Trinajstić information content (AvgIpc) is 3.95. The fourth-order valence-electron chi connectivity index (χ4n) is 9.25. The van der Waals surface area contributed by atoms with Crippen molar-refractivity contribution >= 4 is 35.2 Å². The minimum atomic E-state index is -1.77. The number of carbonyl (C=O) groups is 3. The summed E-state index contributed by atoms with van der Waals surface area (Å²) in [5.74, 6) is -2.63. The van der Waals surface area contributed by atoms with Gasteiger partial charge in [-0.05, 0) is 98.5 Å². The quantitative estimate of drug-likeness (QED) is 0.0562. The molecule has 5 rings (SSSR count). The summed E-state index contributed by atoms with van der Waals surface area (Å²) in [6.07, 6.45) is 2.00. The van der Waals surface area contributed by atoms with E-state index in [0.29, 0.717) is 61.6 Å². The van der Waals surface area contributed by atoms with Crippen molar-refractivity contribution in [1.29, 1.82) is 0 Å². The number of methoxy groups -OCH3 is 1. The molecule has 2 aromatic heterocycles. The first-order chi connectivity index (χ1) is 29.9. The molecule has 18 heteroatoms. The van der Waals surface area contributed by atoms with E-state index in [1.54, 1.807) is 42.2 Å². The number of nitrogen functional groups attached to an aromatic ring is 1. The highest BCUT2D eigenvalue weighted by atomic mass is 32.1. The van der Waals surface area contributed by atoms with Crippen LogP contribution in [0.1, 0.15) is 84.9 Å². The molecule has 1 aromatic carbocycles. The molecule has 2 unspecified atom stereocenters. The number of nitrogens with zero attached hydrogens (tertiary/aromatic N) is 6. The van der Waals surface area contributed by atoms with Gasteiger partial charge in [0.05, 0.1) is 35.6 Å². The number of esters is 1. The van der Waals surface area contributed by atoms with Crippen LogP contribution in [0.25, 0.3) is 11.3 Å². The van der Waals surface area contributed by atoms with E-state index >= 15 is 0 Å². The molecule has 1 amide bonds. The van der Waals surface area contributed by atoms with Crippen molar-refractivity contribution in [2.75, 3.05) is 40.0 Å². The molecule has 350 valence electrons. The number of likely N-dealkylation sites (N-methyl/N-ethyl adjacent to an activating group) is 1. The number of carbonyl (C=O) groups excluding carboxylic acids is 3. The summed E-state index contributed by atoms with van der Waals surface area (Å²) in [7, 11) is 5.34. The second kappa shape index (κ2) is 22.3. The van der Waals surface area contributed by atoms with E-state index in [2.05, 4.69) is 20.6 Å². The molecule has 63 heavy (non-hydrogen) atoms. The molecule has 2 fully saturated rings. The molecule has 2 aliphatic heterocycles. The largest absolute Gasteiger partial charge is 0.459 e. The first-order valence-corrected chi connectivity index (χ1v) is 23.0. The summed E-state index contributed by atoms with van der Waals surface area (Å²) >= 11 is 1.32. The summed E-state index contributed by atoms with van der Waals surface area (Å²) in [4.78, 5) is 50.6. The predicted molar refractivity (Wildman–Crippen MR) is 239 cm³/mol. The Morgan fingerprint density at radius 3 is 2.59 bits per heavy atom. The number of ketones is 1. The second-order valence-electron chi connectivity index (χ2n) is 18.2. The number of Topliss-reactive ketones (excluding diaryl/α,β-unsaturated/α-hetero) is 1. The third kappa shape index (κ3) is 12.7. The van der Waals surface area contributed by atoms with Crippen LogP contribution in [0.5, 0.6) is 0 Å². The van der Waals surface area contributed by atoms with E-state index < -0.39 is 65.6 Å². The van der Waals surface area contributed by atoms with Gasteiger partial charge in [0.2, 0.25) is 6.41 Å². The molecule has 4 heterocycles. The molecule has 5 N–H and O–H groups in total. The van der Waals surface area contributed by atoms with E-state index in [0.717, 1.165) is 12.0 Å². The number of cyclic esters (lactones) is 1. The van der Waals surface area contributed by atoms with Gasteiger partial charge in [0, 0.05) is 67.4 Å². The zero-order chi connectivity index (χ0) is 46.1. The van der Waals surface area contributed by atoms with Crippen molar-refractivity contribution in [3.63, 3.8) is 0 Å². The van der Waals surface area contributed by atoms with Gasteiger partial charge in [-0.15, -0.1) is 16.4 Å². The Hall–Kier alpha value is -3.88. The number of aliphatic hydroxyl groups is 2. The minimum Gasteiger partial charge on any atom is -0.459 e. The fraction of sp³-hybridized carbons (Fsp3) is 0.689. The molecule has 17 nitrogen and oxygen atoms in total. The molecule has 0 saturated carbocycles. The number of aliphatic hydroxyl groups excluding tert-OH is 1. The van der Waals surface area contributed by atoms with Gasteiger partial charge >= 0.3 is 5.97 Å². The summed E-state index contributed by atoms with van der Waals surface area (Å²) in [6.45, 7) is 12.4. The van der Waals surface area contributed by atoms with Gasteiger partial charge in [-0.3, -0.25) is 24.0 Å². The number of unbranched alkanes of at least 4 members (excludes halogenated alkanes) is 1. The maximum Gasteiger partial charge on any atom is 0.317 e. The molecule has 0 radical (unpaired) electrons. The van der Waals surface area contributed by atoms with Crippen LogP contribution >= 0.6 is 11.3 Å². The number of nitrogens with two attached hydrogens (primary N) is 1. The lowest BCUT2D eigenvalue weighted by molar-refractivity contribution is -0.289. The van der Waals surface area contributed by atoms with Gasteiger partial charge in [0.25, 0.3) is 0 Å². The number of ether oxygens (including phenoxy) is 4. The number of hydrogen-bond acceptors (Lipinski definition) is 16. The Labute approximate surface area is 376 Å². The first-order valence-electron chi connectivity index (χ1n) is 22.1. The van der Waals surface area contributed by atoms with E-state index in [1.165, 1.54) is 11.3 Å². The van der Waals surface area contributed by atoms with E-state index in [9.17, 15) is 24.6 Å². The Morgan fingerprint density at radius 2 is 1.94 bits per heavy atom. The minimum absolute atomic E-state index is 0.0184. The monoisotopic (exact) mass is 898 g/mol. The SMILES string of the molecule is CC[C@H]1OC(=O)[C@H](Cc2cncs2)C(=O)C[C@@H](O[C@@H]2O[C@H](C)CC(N(C)C)C2O)[C@](C)(OC)C[C@@H](C)CN[C@H](C)[C@@H](N(C=O)CCCCn2cc(-c3cccc(N)c3)nn2)[C@]1(C)O. The van der Waals surface area contributed by atoms with Crippen molar-refractivity contribution in [3.05, 3.63) is 47.0 Å². The summed E-state index contributed by atoms with van der Waals surface area (Å²) < 4.78 is 27.0. The Kier molecular flexibility index (Phi) is 17.8. The van der Waals surface area contributed by atoms with Crippen LogP contribution in [0, 0.1) is 11.8 Å². The smallest absolute Gasteiger partial charge is 0.317 e. The number of nitrogens with one attached hydrogen (secondary N) is 1. The molecule has 3 aromatic rings. The molecule has 2 saturated heterocycles. The highest BCUT2D eigenvalue weighted by molar-refractivity contribution is 7.09. The number of benzene rings is 1. The molecule has 12 atom stereocenters. The van der Waals surface area contributed by atoms with E-state index in [4.69, 9.17) is 24.7 Å². The van der Waals surface area contributed by atoms with Crippen molar-refractivity contribution in [2.24, 2.45) is 11.8 Å². The van der Waals surface area contributed by atoms with Crippen LogP contribution in [-0.4, -0.2) is 152 Å². The van der Waals surface area contributed by atoms with E-state index in [-0.39, 0.29) is 37.3 Å². The van der Waals surface area contributed by atoms with Crippen LogP contribution in [0.15, 0.2) is 42.2 Å². The van der Waals surface area contributed by atoms with Crippen LogP contribution in [0.3, 0.4) is 0 Å². The lowest BCUT2D eigenvalue weighted by atomic mass is 9.82. The lowest BCUT2D eigenvalue weighted by Crippen LogP contribution is -2.65. The Morgan fingerprint density at radius 1 is 1.17 bits per heavy atom. The standard InChI is InChI=1S/C45H70N8O9S/c1-10-38-45(6,58)41(52(27-54)16-11-12-17-53-25-35(49-50-53)31-14-13-15-32(46)19-31)30(4)48-23-28(2)22-44(5,59-9)39(62-43-40(56)36(51(7)8)18-29(3)60-43)21-37(55)34(42(57)61-38)20-33-24-47-26-63-33/h13-15,19,24-30,34,36,38-41,43,48,56,58H,10-12,16-18,20-23,46H2,1-9H3/t28-,29-,30-,34-,36?,38-,39-,40?,41-,43+,44-,45-/m1/s1. The molecule has 2 aliphatic rings. The zero-order valence-electron chi connectivity index (χ0n) is 38.4. The summed E-state index contributed by atoms with van der Waals surface area (Å²) in [5.41, 5.74) is 6.94. The van der Waals surface area contributed by atoms with Gasteiger partial charge < -0.3 is 50.0 Å². The van der Waals surface area contributed by atoms with Crippen molar-refractivity contribution in [3.8, 4) is 11.3 Å². The van der Waals surface area contributed by atoms with Crippen LogP contribution in [-0.2, 0) is 46.3 Å². The van der Waals surface area contributed by atoms with Gasteiger partial charge in [0.15, 0.2) is 6.29 Å². The zero-order valence-corrected chi connectivity index (χ0v) is 39.2. The number of anilines is 1. The highest BCUT2D eigenvalue weighted by Crippen LogP contribution is 2.36. The third-order valence-electron chi connectivity index (χ3n) is 12.8. The van der Waals surface area contributed by atoms with Gasteiger partial charge in [0.1, 0.15) is 35.2 Å². The molecule has 0 spiro atoms. The summed E-state index contributed by atoms with van der Waals surface area (Å²) in [6, 6.07) is 5.83. The normalized spacial score (nSPS) is 32.8. The third-order valence-corrected chi connectivity index (χ3v) is 13.6. The van der Waals surface area contributed by atoms with E-state index in [1.807, 2.05) is 77.2 Å². The maximum absolute atomic E-state index is 14.7. The predicted octanol–water partition coefficient (Wildman–Crippen LogP) is 3.72. The van der Waals surface area contributed by atoms with Crippen LogP contribution in [0.4, 0.5) is 5.69 Å². The number of aromatic nitrogens is 4. The number of thiazole rings is 1.